The fraction of sp³-hybridized carbons (Fsp3) is 0.462. The third-order valence-electron chi connectivity index (χ3n) is 3.82. The van der Waals surface area contributed by atoms with Crippen LogP contribution in [0.15, 0.2) is 24.3 Å². The van der Waals surface area contributed by atoms with Crippen molar-refractivity contribution in [1.82, 2.24) is 0 Å². The molecule has 0 N–H and O–H groups in total. The molecular formula is C13H12F3NO4S. The van der Waals surface area contributed by atoms with Gasteiger partial charge in [-0.15, -0.1) is 13.2 Å². The van der Waals surface area contributed by atoms with E-state index >= 15 is 0 Å². The van der Waals surface area contributed by atoms with Crippen LogP contribution in [0.25, 0.3) is 0 Å². The molecule has 120 valence electrons. The number of fused-ring (bicyclic) bond motifs is 1. The van der Waals surface area contributed by atoms with Crippen LogP contribution in [0.3, 0.4) is 0 Å². The van der Waals surface area contributed by atoms with Crippen molar-refractivity contribution >= 4 is 21.4 Å². The Balaban J connectivity index is 1.83. The topological polar surface area (TPSA) is 63.7 Å². The van der Waals surface area contributed by atoms with Gasteiger partial charge in [-0.05, 0) is 24.3 Å². The Kier molecular flexibility index (Phi) is 3.35. The number of alkyl halides is 3. The second kappa shape index (κ2) is 4.87. The van der Waals surface area contributed by atoms with E-state index in [0.29, 0.717) is 5.69 Å². The number of amides is 1. The van der Waals surface area contributed by atoms with Crippen molar-refractivity contribution in [3.05, 3.63) is 24.3 Å². The lowest BCUT2D eigenvalue weighted by molar-refractivity contribution is -0.274. The van der Waals surface area contributed by atoms with Crippen molar-refractivity contribution in [2.24, 2.45) is 5.92 Å². The van der Waals surface area contributed by atoms with Gasteiger partial charge in [0.1, 0.15) is 5.75 Å². The quantitative estimate of drug-likeness (QED) is 0.826. The van der Waals surface area contributed by atoms with Gasteiger partial charge in [-0.3, -0.25) is 4.79 Å². The number of rotatable bonds is 2. The van der Waals surface area contributed by atoms with Crippen LogP contribution in [0.4, 0.5) is 18.9 Å². The van der Waals surface area contributed by atoms with Gasteiger partial charge in [-0.1, -0.05) is 0 Å². The van der Waals surface area contributed by atoms with Gasteiger partial charge in [0.05, 0.1) is 17.5 Å². The van der Waals surface area contributed by atoms with Crippen LogP contribution in [0.2, 0.25) is 0 Å². The van der Waals surface area contributed by atoms with Gasteiger partial charge in [0.25, 0.3) is 0 Å². The van der Waals surface area contributed by atoms with Crippen molar-refractivity contribution < 1.29 is 31.1 Å². The zero-order valence-electron chi connectivity index (χ0n) is 11.2. The molecule has 1 aromatic rings. The second-order valence-corrected chi connectivity index (χ2v) is 7.57. The van der Waals surface area contributed by atoms with Gasteiger partial charge >= 0.3 is 6.36 Å². The first-order valence-corrected chi connectivity index (χ1v) is 8.35. The summed E-state index contributed by atoms with van der Waals surface area (Å²) in [6.07, 6.45) is -4.64. The number of carbonyl (C=O) groups is 1. The monoisotopic (exact) mass is 335 g/mol. The third kappa shape index (κ3) is 2.90. The highest BCUT2D eigenvalue weighted by Gasteiger charge is 2.49. The number of sulfone groups is 1. The lowest BCUT2D eigenvalue weighted by Gasteiger charge is -2.23. The molecule has 0 bridgehead atoms. The average Bonchev–Trinajstić information content (AvgIpc) is 2.79. The first-order valence-electron chi connectivity index (χ1n) is 6.53. The van der Waals surface area contributed by atoms with E-state index in [2.05, 4.69) is 4.74 Å². The maximum atomic E-state index is 12.1. The summed E-state index contributed by atoms with van der Waals surface area (Å²) in [4.78, 5) is 13.4. The average molecular weight is 335 g/mol. The summed E-state index contributed by atoms with van der Waals surface area (Å²) in [7, 11) is -3.17. The molecule has 2 fully saturated rings. The first-order chi connectivity index (χ1) is 10.1. The van der Waals surface area contributed by atoms with Crippen LogP contribution in [-0.2, 0) is 14.6 Å². The van der Waals surface area contributed by atoms with E-state index in [-0.39, 0.29) is 29.8 Å². The van der Waals surface area contributed by atoms with Crippen LogP contribution in [-0.4, -0.2) is 38.2 Å². The predicted molar refractivity (Wildman–Crippen MR) is 71.2 cm³/mol. The molecule has 2 atom stereocenters. The lowest BCUT2D eigenvalue weighted by atomic mass is 10.0. The predicted octanol–water partition coefficient (Wildman–Crippen LogP) is 1.74. The highest BCUT2D eigenvalue weighted by Crippen LogP contribution is 2.37. The van der Waals surface area contributed by atoms with Crippen LogP contribution in [0.5, 0.6) is 5.75 Å². The molecule has 1 aromatic carbocycles. The SMILES string of the molecule is O=C1C[C@H]2CS(=O)(=O)C[C@@H]2N1c1ccc(OC(F)(F)F)cc1. The van der Waals surface area contributed by atoms with Crippen molar-refractivity contribution in [2.75, 3.05) is 16.4 Å². The Morgan fingerprint density at radius 2 is 1.77 bits per heavy atom. The summed E-state index contributed by atoms with van der Waals surface area (Å²) in [6, 6.07) is 4.42. The Labute approximate surface area is 124 Å². The molecule has 2 aliphatic heterocycles. The Bertz CT molecular complexity index is 699. The van der Waals surface area contributed by atoms with Crippen molar-refractivity contribution in [3.8, 4) is 5.75 Å². The van der Waals surface area contributed by atoms with E-state index in [9.17, 15) is 26.4 Å². The van der Waals surface area contributed by atoms with Crippen LogP contribution in [0.1, 0.15) is 6.42 Å². The Hall–Kier alpha value is -1.77. The van der Waals surface area contributed by atoms with Crippen molar-refractivity contribution in [3.63, 3.8) is 0 Å². The van der Waals surface area contributed by atoms with E-state index in [1.165, 1.54) is 17.0 Å². The molecule has 22 heavy (non-hydrogen) atoms. The number of anilines is 1. The van der Waals surface area contributed by atoms with Crippen LogP contribution in [0, 0.1) is 5.92 Å². The van der Waals surface area contributed by atoms with Crippen molar-refractivity contribution in [2.45, 2.75) is 18.8 Å². The fourth-order valence-corrected chi connectivity index (χ4v) is 5.10. The third-order valence-corrected chi connectivity index (χ3v) is 5.61. The number of ether oxygens (including phenoxy) is 1. The summed E-state index contributed by atoms with van der Waals surface area (Å²) in [5.41, 5.74) is 0.379. The summed E-state index contributed by atoms with van der Waals surface area (Å²) < 4.78 is 63.4. The van der Waals surface area contributed by atoms with Crippen LogP contribution < -0.4 is 9.64 Å². The molecule has 0 unspecified atom stereocenters. The molecule has 5 nitrogen and oxygen atoms in total. The van der Waals surface area contributed by atoms with Crippen LogP contribution >= 0.6 is 0 Å². The first kappa shape index (κ1) is 15.1. The van der Waals surface area contributed by atoms with E-state index in [1.54, 1.807) is 0 Å². The van der Waals surface area contributed by atoms with Gasteiger partial charge in [0, 0.05) is 18.0 Å². The lowest BCUT2D eigenvalue weighted by Crippen LogP contribution is -2.36. The van der Waals surface area contributed by atoms with E-state index < -0.39 is 28.0 Å². The molecule has 9 heteroatoms. The zero-order chi connectivity index (χ0) is 16.1. The number of hydrogen-bond donors (Lipinski definition) is 0. The van der Waals surface area contributed by atoms with E-state index in [4.69, 9.17) is 0 Å². The molecule has 1 amide bonds. The number of carbonyl (C=O) groups excluding carboxylic acids is 1. The van der Waals surface area contributed by atoms with Gasteiger partial charge in [-0.25, -0.2) is 8.42 Å². The maximum Gasteiger partial charge on any atom is 0.573 e. The fourth-order valence-electron chi connectivity index (χ4n) is 3.03. The molecule has 2 saturated heterocycles. The normalized spacial score (nSPS) is 27.0. The maximum absolute atomic E-state index is 12.1. The highest BCUT2D eigenvalue weighted by atomic mass is 32.2. The largest absolute Gasteiger partial charge is 0.573 e. The molecule has 0 aliphatic carbocycles. The molecule has 0 saturated carbocycles. The minimum Gasteiger partial charge on any atom is -0.406 e. The second-order valence-electron chi connectivity index (χ2n) is 5.41. The summed E-state index contributed by atoms with van der Waals surface area (Å²) in [5.74, 6) is -0.976. The minimum absolute atomic E-state index is 0.0187. The molecule has 0 radical (unpaired) electrons. The number of halogens is 3. The molecule has 0 aromatic heterocycles. The summed E-state index contributed by atoms with van der Waals surface area (Å²) in [5, 5.41) is 0. The molecule has 0 spiro atoms. The molecular weight excluding hydrogens is 323 g/mol. The number of nitrogens with zero attached hydrogens (tertiary/aromatic N) is 1. The minimum atomic E-state index is -4.78. The zero-order valence-corrected chi connectivity index (χ0v) is 12.0. The number of hydrogen-bond acceptors (Lipinski definition) is 4. The summed E-state index contributed by atoms with van der Waals surface area (Å²) in [6.45, 7) is 0. The van der Waals surface area contributed by atoms with E-state index in [0.717, 1.165) is 12.1 Å². The van der Waals surface area contributed by atoms with Gasteiger partial charge < -0.3 is 9.64 Å². The van der Waals surface area contributed by atoms with Gasteiger partial charge in [0.15, 0.2) is 9.84 Å². The Morgan fingerprint density at radius 3 is 2.36 bits per heavy atom. The standard InChI is InChI=1S/C13H12F3NO4S/c14-13(15,16)21-10-3-1-9(2-4-10)17-11-7-22(19,20)6-8(11)5-12(17)18/h1-4,8,11H,5-7H2/t8-,11-/m0/s1. The highest BCUT2D eigenvalue weighted by molar-refractivity contribution is 7.91. The Morgan fingerprint density at radius 1 is 1.14 bits per heavy atom. The van der Waals surface area contributed by atoms with E-state index in [1.807, 2.05) is 0 Å². The molecule has 2 aliphatic rings. The molecule has 3 rings (SSSR count). The molecule has 2 heterocycles. The van der Waals surface area contributed by atoms with Crippen molar-refractivity contribution in [1.29, 1.82) is 0 Å². The van der Waals surface area contributed by atoms with Gasteiger partial charge in [-0.2, -0.15) is 0 Å². The smallest absolute Gasteiger partial charge is 0.406 e. The summed E-state index contributed by atoms with van der Waals surface area (Å²) >= 11 is 0. The number of benzene rings is 1. The van der Waals surface area contributed by atoms with Gasteiger partial charge in [0.2, 0.25) is 5.91 Å².